The molecule has 1 fully saturated rings. The van der Waals surface area contributed by atoms with Crippen LogP contribution in [0.1, 0.15) is 11.1 Å². The molecule has 6 heteroatoms. The zero-order chi connectivity index (χ0) is 13.7. The largest absolute Gasteiger partial charge is 0.326 e. The molecule has 0 saturated carbocycles. The third kappa shape index (κ3) is 6.64. The van der Waals surface area contributed by atoms with Crippen LogP contribution in [0.15, 0.2) is 24.3 Å². The van der Waals surface area contributed by atoms with Gasteiger partial charge in [0, 0.05) is 38.8 Å². The highest BCUT2D eigenvalue weighted by Gasteiger charge is 2.16. The molecule has 0 aromatic heterocycles. The second kappa shape index (κ2) is 9.99. The smallest absolute Gasteiger partial charge is 0.0991 e. The molecule has 2 N–H and O–H groups in total. The van der Waals surface area contributed by atoms with E-state index in [0.717, 1.165) is 39.1 Å². The van der Waals surface area contributed by atoms with Gasteiger partial charge in [-0.05, 0) is 31.2 Å². The van der Waals surface area contributed by atoms with Crippen LogP contribution in [-0.4, -0.2) is 55.6 Å². The van der Waals surface area contributed by atoms with Gasteiger partial charge in [-0.3, -0.25) is 4.90 Å². The third-order valence-electron chi connectivity index (χ3n) is 3.67. The van der Waals surface area contributed by atoms with Crippen molar-refractivity contribution in [1.82, 2.24) is 9.80 Å². The molecular weight excluding hydrogens is 307 g/mol. The summed E-state index contributed by atoms with van der Waals surface area (Å²) in [5.41, 5.74) is 8.14. The minimum absolute atomic E-state index is 0. The van der Waals surface area contributed by atoms with Crippen LogP contribution >= 0.6 is 24.8 Å². The fourth-order valence-corrected chi connectivity index (χ4v) is 2.44. The number of hydrogen-bond acceptors (Lipinski definition) is 4. The van der Waals surface area contributed by atoms with Gasteiger partial charge in [0.05, 0.1) is 11.6 Å². The summed E-state index contributed by atoms with van der Waals surface area (Å²) < 4.78 is 0. The number of hydrogen-bond donors (Lipinski definition) is 1. The Bertz CT molecular complexity index is 436. The van der Waals surface area contributed by atoms with Crippen molar-refractivity contribution < 1.29 is 0 Å². The van der Waals surface area contributed by atoms with Crippen molar-refractivity contribution >= 4 is 24.8 Å². The lowest BCUT2D eigenvalue weighted by atomic mass is 10.0. The van der Waals surface area contributed by atoms with Gasteiger partial charge < -0.3 is 10.6 Å². The summed E-state index contributed by atoms with van der Waals surface area (Å²) in [5.74, 6) is 0. The van der Waals surface area contributed by atoms with E-state index < -0.39 is 0 Å². The van der Waals surface area contributed by atoms with Crippen molar-refractivity contribution in [1.29, 1.82) is 5.26 Å². The molecular formula is C15H24Cl2N4. The summed E-state index contributed by atoms with van der Waals surface area (Å²) in [4.78, 5) is 4.79. The molecule has 1 unspecified atom stereocenters. The van der Waals surface area contributed by atoms with Gasteiger partial charge in [-0.2, -0.15) is 5.26 Å². The molecule has 0 aliphatic carbocycles. The van der Waals surface area contributed by atoms with Crippen LogP contribution in [0.25, 0.3) is 0 Å². The molecule has 0 bridgehead atoms. The summed E-state index contributed by atoms with van der Waals surface area (Å²) in [6.45, 7) is 5.43. The predicted octanol–water partition coefficient (Wildman–Crippen LogP) is 1.52. The summed E-state index contributed by atoms with van der Waals surface area (Å²) >= 11 is 0. The Kier molecular flexibility index (Phi) is 9.60. The molecule has 21 heavy (non-hydrogen) atoms. The quantitative estimate of drug-likeness (QED) is 0.909. The van der Waals surface area contributed by atoms with Gasteiger partial charge in [-0.1, -0.05) is 12.1 Å². The number of nitrogens with two attached hydrogens (primary N) is 1. The van der Waals surface area contributed by atoms with Gasteiger partial charge in [-0.25, -0.2) is 0 Å². The van der Waals surface area contributed by atoms with Crippen LogP contribution < -0.4 is 5.73 Å². The van der Waals surface area contributed by atoms with Crippen LogP contribution in [-0.2, 0) is 6.42 Å². The molecule has 1 aromatic carbocycles. The van der Waals surface area contributed by atoms with Crippen LogP contribution in [0.2, 0.25) is 0 Å². The average molecular weight is 331 g/mol. The molecule has 118 valence electrons. The van der Waals surface area contributed by atoms with Crippen molar-refractivity contribution in [2.24, 2.45) is 5.73 Å². The third-order valence-corrected chi connectivity index (χ3v) is 3.67. The first-order valence-corrected chi connectivity index (χ1v) is 6.83. The van der Waals surface area contributed by atoms with Crippen molar-refractivity contribution in [3.05, 3.63) is 35.4 Å². The maximum atomic E-state index is 8.76. The van der Waals surface area contributed by atoms with E-state index in [2.05, 4.69) is 22.9 Å². The Balaban J connectivity index is 0.00000200. The second-order valence-corrected chi connectivity index (χ2v) is 5.38. The molecule has 1 aromatic rings. The summed E-state index contributed by atoms with van der Waals surface area (Å²) in [5, 5.41) is 8.76. The fourth-order valence-electron chi connectivity index (χ4n) is 2.44. The Morgan fingerprint density at radius 1 is 1.14 bits per heavy atom. The van der Waals surface area contributed by atoms with E-state index in [1.54, 1.807) is 0 Å². The molecule has 1 aliphatic heterocycles. The van der Waals surface area contributed by atoms with Crippen LogP contribution in [0.3, 0.4) is 0 Å². The number of rotatable bonds is 4. The second-order valence-electron chi connectivity index (χ2n) is 5.38. The van der Waals surface area contributed by atoms with E-state index in [4.69, 9.17) is 11.0 Å². The number of halogens is 2. The minimum Gasteiger partial charge on any atom is -0.326 e. The zero-order valence-corrected chi connectivity index (χ0v) is 14.0. The number of nitrogens with zero attached hydrogens (tertiary/aromatic N) is 3. The summed E-state index contributed by atoms with van der Waals surface area (Å²) in [6, 6.07) is 10.0. The SMILES string of the molecule is CN1CCN(CC(N)Cc2ccc(C#N)cc2)CC1.Cl.Cl. The highest BCUT2D eigenvalue weighted by atomic mass is 35.5. The average Bonchev–Trinajstić information content (AvgIpc) is 2.42. The van der Waals surface area contributed by atoms with Gasteiger partial charge in [0.25, 0.3) is 0 Å². The van der Waals surface area contributed by atoms with E-state index in [9.17, 15) is 0 Å². The van der Waals surface area contributed by atoms with Crippen molar-refractivity contribution in [2.75, 3.05) is 39.8 Å². The molecule has 0 spiro atoms. The van der Waals surface area contributed by atoms with Gasteiger partial charge in [-0.15, -0.1) is 24.8 Å². The van der Waals surface area contributed by atoms with E-state index >= 15 is 0 Å². The highest BCUT2D eigenvalue weighted by molar-refractivity contribution is 5.85. The Morgan fingerprint density at radius 3 is 2.24 bits per heavy atom. The maximum Gasteiger partial charge on any atom is 0.0991 e. The van der Waals surface area contributed by atoms with Crippen LogP contribution in [0.4, 0.5) is 0 Å². The normalized spacial score (nSPS) is 17.2. The zero-order valence-electron chi connectivity index (χ0n) is 12.4. The Labute approximate surface area is 139 Å². The summed E-state index contributed by atoms with van der Waals surface area (Å²) in [6.07, 6.45) is 0.873. The van der Waals surface area contributed by atoms with E-state index in [1.165, 1.54) is 5.56 Å². The number of likely N-dealkylation sites (N-methyl/N-ethyl adjacent to an activating group) is 1. The van der Waals surface area contributed by atoms with E-state index in [1.807, 2.05) is 24.3 Å². The highest BCUT2D eigenvalue weighted by Crippen LogP contribution is 2.07. The Morgan fingerprint density at radius 2 is 1.71 bits per heavy atom. The first-order chi connectivity index (χ1) is 9.17. The van der Waals surface area contributed by atoms with Crippen LogP contribution in [0.5, 0.6) is 0 Å². The van der Waals surface area contributed by atoms with Crippen molar-refractivity contribution in [3.63, 3.8) is 0 Å². The molecule has 0 radical (unpaired) electrons. The van der Waals surface area contributed by atoms with Gasteiger partial charge >= 0.3 is 0 Å². The fraction of sp³-hybridized carbons (Fsp3) is 0.533. The van der Waals surface area contributed by atoms with Crippen molar-refractivity contribution in [2.45, 2.75) is 12.5 Å². The molecule has 1 atom stereocenters. The minimum atomic E-state index is 0. The number of nitriles is 1. The van der Waals surface area contributed by atoms with Gasteiger partial charge in [0.1, 0.15) is 0 Å². The number of benzene rings is 1. The predicted molar refractivity (Wildman–Crippen MR) is 91.3 cm³/mol. The lowest BCUT2D eigenvalue weighted by Crippen LogP contribution is -2.49. The summed E-state index contributed by atoms with van der Waals surface area (Å²) in [7, 11) is 2.16. The number of piperazine rings is 1. The molecule has 2 rings (SSSR count). The Hall–Kier alpha value is -0.830. The topological polar surface area (TPSA) is 56.3 Å². The molecule has 4 nitrogen and oxygen atoms in total. The maximum absolute atomic E-state index is 8.76. The molecule has 0 amide bonds. The van der Waals surface area contributed by atoms with Gasteiger partial charge in [0.2, 0.25) is 0 Å². The van der Waals surface area contributed by atoms with E-state index in [0.29, 0.717) is 5.56 Å². The first-order valence-electron chi connectivity index (χ1n) is 6.83. The monoisotopic (exact) mass is 330 g/mol. The lowest BCUT2D eigenvalue weighted by molar-refractivity contribution is 0.147. The lowest BCUT2D eigenvalue weighted by Gasteiger charge is -2.33. The van der Waals surface area contributed by atoms with Crippen molar-refractivity contribution in [3.8, 4) is 6.07 Å². The van der Waals surface area contributed by atoms with Gasteiger partial charge in [0.15, 0.2) is 0 Å². The molecule has 1 saturated heterocycles. The first kappa shape index (κ1) is 20.2. The standard InChI is InChI=1S/C15H22N4.2ClH/c1-18-6-8-19(9-7-18)12-15(17)10-13-2-4-14(11-16)5-3-13;;/h2-5,15H,6-10,12,17H2,1H3;2*1H. The van der Waals surface area contributed by atoms with E-state index in [-0.39, 0.29) is 30.9 Å². The molecule has 1 heterocycles. The molecule has 1 aliphatic rings. The van der Waals surface area contributed by atoms with Crippen LogP contribution in [0, 0.1) is 11.3 Å².